The van der Waals surface area contributed by atoms with Gasteiger partial charge < -0.3 is 9.88 Å². The smallest absolute Gasteiger partial charge is 0.0947 e. The van der Waals surface area contributed by atoms with Crippen LogP contribution in [0.3, 0.4) is 0 Å². The normalized spacial score (nSPS) is 12.6. The summed E-state index contributed by atoms with van der Waals surface area (Å²) in [4.78, 5) is 4.46. The van der Waals surface area contributed by atoms with E-state index in [4.69, 9.17) is 0 Å². The molecule has 0 fully saturated rings. The standard InChI is InChI=1S/C15H21N3/c1-4-16-14(15-10-18(3)11-17-15)9-13-8-6-5-7-12(13)2/h5-8,10-11,14,16H,4,9H2,1-3H3. The Morgan fingerprint density at radius 3 is 2.72 bits per heavy atom. The lowest BCUT2D eigenvalue weighted by Gasteiger charge is -2.17. The van der Waals surface area contributed by atoms with Gasteiger partial charge in [-0.05, 0) is 31.0 Å². The second-order valence-corrected chi connectivity index (χ2v) is 4.70. The van der Waals surface area contributed by atoms with Crippen molar-refractivity contribution in [3.05, 3.63) is 53.6 Å². The molecule has 0 bridgehead atoms. The van der Waals surface area contributed by atoms with E-state index in [9.17, 15) is 0 Å². The van der Waals surface area contributed by atoms with Crippen molar-refractivity contribution in [2.75, 3.05) is 6.54 Å². The van der Waals surface area contributed by atoms with Gasteiger partial charge in [-0.25, -0.2) is 4.98 Å². The van der Waals surface area contributed by atoms with E-state index in [0.717, 1.165) is 18.7 Å². The highest BCUT2D eigenvalue weighted by atomic mass is 15.0. The first-order valence-corrected chi connectivity index (χ1v) is 6.46. The second kappa shape index (κ2) is 5.83. The molecule has 2 rings (SSSR count). The van der Waals surface area contributed by atoms with Gasteiger partial charge in [0.2, 0.25) is 0 Å². The third kappa shape index (κ3) is 2.99. The number of hydrogen-bond donors (Lipinski definition) is 1. The molecule has 0 aliphatic carbocycles. The maximum atomic E-state index is 4.46. The van der Waals surface area contributed by atoms with Crippen LogP contribution in [0.15, 0.2) is 36.8 Å². The van der Waals surface area contributed by atoms with Gasteiger partial charge in [0.25, 0.3) is 0 Å². The van der Waals surface area contributed by atoms with Crippen LogP contribution >= 0.6 is 0 Å². The van der Waals surface area contributed by atoms with Crippen LogP contribution in [0.5, 0.6) is 0 Å². The maximum absolute atomic E-state index is 4.46. The highest BCUT2D eigenvalue weighted by Crippen LogP contribution is 2.18. The van der Waals surface area contributed by atoms with Gasteiger partial charge in [-0.1, -0.05) is 31.2 Å². The molecule has 0 radical (unpaired) electrons. The first-order chi connectivity index (χ1) is 8.70. The molecular formula is C15H21N3. The van der Waals surface area contributed by atoms with Crippen molar-refractivity contribution in [2.24, 2.45) is 7.05 Å². The van der Waals surface area contributed by atoms with Crippen molar-refractivity contribution in [1.29, 1.82) is 0 Å². The molecule has 18 heavy (non-hydrogen) atoms. The molecule has 3 heteroatoms. The number of imidazole rings is 1. The highest BCUT2D eigenvalue weighted by Gasteiger charge is 2.14. The van der Waals surface area contributed by atoms with Crippen LogP contribution in [0.2, 0.25) is 0 Å². The zero-order valence-electron chi connectivity index (χ0n) is 11.4. The first-order valence-electron chi connectivity index (χ1n) is 6.46. The molecule has 0 aliphatic heterocycles. The van der Waals surface area contributed by atoms with Crippen LogP contribution in [-0.2, 0) is 13.5 Å². The van der Waals surface area contributed by atoms with Gasteiger partial charge in [-0.15, -0.1) is 0 Å². The Morgan fingerprint density at radius 1 is 1.33 bits per heavy atom. The molecule has 3 nitrogen and oxygen atoms in total. The van der Waals surface area contributed by atoms with Gasteiger partial charge in [0.15, 0.2) is 0 Å². The van der Waals surface area contributed by atoms with Crippen molar-refractivity contribution >= 4 is 0 Å². The Hall–Kier alpha value is -1.61. The van der Waals surface area contributed by atoms with Crippen molar-refractivity contribution in [2.45, 2.75) is 26.3 Å². The second-order valence-electron chi connectivity index (χ2n) is 4.70. The Labute approximate surface area is 109 Å². The summed E-state index contributed by atoms with van der Waals surface area (Å²) in [6.45, 7) is 5.25. The fraction of sp³-hybridized carbons (Fsp3) is 0.400. The third-order valence-corrected chi connectivity index (χ3v) is 3.22. The molecule has 0 amide bonds. The molecule has 0 aliphatic rings. The van der Waals surface area contributed by atoms with Crippen LogP contribution in [0.1, 0.15) is 29.8 Å². The lowest BCUT2D eigenvalue weighted by molar-refractivity contribution is 0.537. The fourth-order valence-electron chi connectivity index (χ4n) is 2.20. The molecule has 1 aromatic heterocycles. The van der Waals surface area contributed by atoms with Crippen molar-refractivity contribution in [3.63, 3.8) is 0 Å². The molecule has 1 unspecified atom stereocenters. The minimum absolute atomic E-state index is 0.289. The molecule has 2 aromatic rings. The summed E-state index contributed by atoms with van der Waals surface area (Å²) in [5.41, 5.74) is 3.84. The van der Waals surface area contributed by atoms with Gasteiger partial charge >= 0.3 is 0 Å². The topological polar surface area (TPSA) is 29.9 Å². The zero-order valence-corrected chi connectivity index (χ0v) is 11.4. The van der Waals surface area contributed by atoms with Crippen LogP contribution in [0.25, 0.3) is 0 Å². The quantitative estimate of drug-likeness (QED) is 0.875. The molecule has 1 heterocycles. The number of rotatable bonds is 5. The molecule has 1 N–H and O–H groups in total. The van der Waals surface area contributed by atoms with Crippen LogP contribution in [0, 0.1) is 6.92 Å². The lowest BCUT2D eigenvalue weighted by Crippen LogP contribution is -2.23. The Balaban J connectivity index is 2.19. The number of likely N-dealkylation sites (N-methyl/N-ethyl adjacent to an activating group) is 1. The molecule has 96 valence electrons. The minimum atomic E-state index is 0.289. The van der Waals surface area contributed by atoms with E-state index in [2.05, 4.69) is 54.6 Å². The van der Waals surface area contributed by atoms with E-state index < -0.39 is 0 Å². The monoisotopic (exact) mass is 243 g/mol. The number of nitrogens with zero attached hydrogens (tertiary/aromatic N) is 2. The van der Waals surface area contributed by atoms with Crippen molar-refractivity contribution in [1.82, 2.24) is 14.9 Å². The number of nitrogens with one attached hydrogen (secondary N) is 1. The number of benzene rings is 1. The summed E-state index contributed by atoms with van der Waals surface area (Å²) in [5.74, 6) is 0. The molecule has 0 saturated carbocycles. The average molecular weight is 243 g/mol. The van der Waals surface area contributed by atoms with E-state index in [1.165, 1.54) is 11.1 Å². The predicted molar refractivity (Wildman–Crippen MR) is 74.5 cm³/mol. The minimum Gasteiger partial charge on any atom is -0.340 e. The van der Waals surface area contributed by atoms with E-state index in [1.807, 2.05) is 17.9 Å². The van der Waals surface area contributed by atoms with E-state index in [-0.39, 0.29) is 6.04 Å². The first kappa shape index (κ1) is 12.8. The summed E-state index contributed by atoms with van der Waals surface area (Å²) >= 11 is 0. The summed E-state index contributed by atoms with van der Waals surface area (Å²) in [7, 11) is 2.01. The van der Waals surface area contributed by atoms with E-state index in [1.54, 1.807) is 0 Å². The summed E-state index contributed by atoms with van der Waals surface area (Å²) < 4.78 is 2.00. The van der Waals surface area contributed by atoms with Gasteiger partial charge in [-0.2, -0.15) is 0 Å². The van der Waals surface area contributed by atoms with Crippen LogP contribution < -0.4 is 5.32 Å². The zero-order chi connectivity index (χ0) is 13.0. The highest BCUT2D eigenvalue weighted by molar-refractivity contribution is 5.27. The van der Waals surface area contributed by atoms with Gasteiger partial charge in [-0.3, -0.25) is 0 Å². The number of aryl methyl sites for hydroxylation is 2. The van der Waals surface area contributed by atoms with Crippen molar-refractivity contribution < 1.29 is 0 Å². The van der Waals surface area contributed by atoms with Gasteiger partial charge in [0, 0.05) is 13.2 Å². The lowest BCUT2D eigenvalue weighted by atomic mass is 9.99. The summed E-state index contributed by atoms with van der Waals surface area (Å²) in [6.07, 6.45) is 4.93. The van der Waals surface area contributed by atoms with Gasteiger partial charge in [0.1, 0.15) is 0 Å². The fourth-order valence-corrected chi connectivity index (χ4v) is 2.20. The predicted octanol–water partition coefficient (Wildman–Crippen LogP) is 2.62. The van der Waals surface area contributed by atoms with Crippen LogP contribution in [-0.4, -0.2) is 16.1 Å². The molecule has 1 aromatic carbocycles. The average Bonchev–Trinajstić information content (AvgIpc) is 2.78. The molecule has 1 atom stereocenters. The Bertz CT molecular complexity index is 502. The van der Waals surface area contributed by atoms with E-state index >= 15 is 0 Å². The Kier molecular flexibility index (Phi) is 4.15. The maximum Gasteiger partial charge on any atom is 0.0947 e. The van der Waals surface area contributed by atoms with Crippen molar-refractivity contribution in [3.8, 4) is 0 Å². The van der Waals surface area contributed by atoms with Gasteiger partial charge in [0.05, 0.1) is 18.1 Å². The number of hydrogen-bond acceptors (Lipinski definition) is 2. The molecule has 0 saturated heterocycles. The largest absolute Gasteiger partial charge is 0.340 e. The van der Waals surface area contributed by atoms with E-state index in [0.29, 0.717) is 0 Å². The van der Waals surface area contributed by atoms with Crippen LogP contribution in [0.4, 0.5) is 0 Å². The Morgan fingerprint density at radius 2 is 2.11 bits per heavy atom. The summed E-state index contributed by atoms with van der Waals surface area (Å²) in [6, 6.07) is 8.84. The third-order valence-electron chi connectivity index (χ3n) is 3.22. The SMILES string of the molecule is CCNC(Cc1ccccc1C)c1cn(C)cn1. The molecular weight excluding hydrogens is 222 g/mol. The molecule has 0 spiro atoms. The number of aromatic nitrogens is 2. The summed E-state index contributed by atoms with van der Waals surface area (Å²) in [5, 5.41) is 3.51.